The van der Waals surface area contributed by atoms with E-state index in [-0.39, 0.29) is 35.9 Å². The van der Waals surface area contributed by atoms with Crippen molar-refractivity contribution in [3.8, 4) is 16.9 Å². The molecule has 3 amide bonds. The zero-order chi connectivity index (χ0) is 36.3. The monoisotopic (exact) mass is 693 g/mol. The van der Waals surface area contributed by atoms with Crippen LogP contribution in [0.25, 0.3) is 11.1 Å². The Bertz CT molecular complexity index is 1820. The third kappa shape index (κ3) is 10.6. The SMILES string of the molecule is CC(=O)Nc1cc([C@@H](O)CNCc2cc(C)c(NC(=O)CCN3CCC(OC(=O)Nc4ccccc4-c4ccccc4)CC3)cc2C)ccc1O. The van der Waals surface area contributed by atoms with Gasteiger partial charge in [0.15, 0.2) is 0 Å². The van der Waals surface area contributed by atoms with Crippen molar-refractivity contribution in [3.05, 3.63) is 107 Å². The van der Waals surface area contributed by atoms with Crippen LogP contribution in [0.2, 0.25) is 0 Å². The summed E-state index contributed by atoms with van der Waals surface area (Å²) in [5.41, 5.74) is 7.22. The van der Waals surface area contributed by atoms with Gasteiger partial charge >= 0.3 is 6.09 Å². The van der Waals surface area contributed by atoms with Crippen LogP contribution in [0.5, 0.6) is 5.75 Å². The lowest BCUT2D eigenvalue weighted by Crippen LogP contribution is -2.39. The predicted molar refractivity (Wildman–Crippen MR) is 200 cm³/mol. The maximum Gasteiger partial charge on any atom is 0.411 e. The third-order valence-electron chi connectivity index (χ3n) is 9.04. The molecule has 0 bridgehead atoms. The molecule has 0 radical (unpaired) electrons. The zero-order valence-electron chi connectivity index (χ0n) is 29.4. The van der Waals surface area contributed by atoms with Crippen molar-refractivity contribution in [2.24, 2.45) is 0 Å². The number of hydrogen-bond donors (Lipinski definition) is 6. The summed E-state index contributed by atoms with van der Waals surface area (Å²) in [4.78, 5) is 39.3. The molecule has 1 atom stereocenters. The van der Waals surface area contributed by atoms with Gasteiger partial charge in [-0.25, -0.2) is 4.79 Å². The molecule has 4 aromatic carbocycles. The summed E-state index contributed by atoms with van der Waals surface area (Å²) < 4.78 is 5.76. The van der Waals surface area contributed by atoms with Gasteiger partial charge in [-0.15, -0.1) is 0 Å². The molecule has 0 saturated carbocycles. The lowest BCUT2D eigenvalue weighted by atomic mass is 10.0. The fraction of sp³-hybridized carbons (Fsp3) is 0.325. The van der Waals surface area contributed by atoms with Crippen molar-refractivity contribution in [2.45, 2.75) is 58.8 Å². The highest BCUT2D eigenvalue weighted by molar-refractivity contribution is 5.92. The van der Waals surface area contributed by atoms with Crippen molar-refractivity contribution >= 4 is 35.0 Å². The topological polar surface area (TPSA) is 152 Å². The van der Waals surface area contributed by atoms with Crippen LogP contribution in [-0.4, -0.2) is 65.3 Å². The van der Waals surface area contributed by atoms with E-state index in [0.717, 1.165) is 46.6 Å². The number of aliphatic hydroxyl groups is 1. The number of likely N-dealkylation sites (tertiary alicyclic amines) is 1. The van der Waals surface area contributed by atoms with E-state index < -0.39 is 12.2 Å². The van der Waals surface area contributed by atoms with Crippen LogP contribution in [-0.2, 0) is 20.9 Å². The Hall–Kier alpha value is -5.23. The van der Waals surface area contributed by atoms with Crippen molar-refractivity contribution in [1.82, 2.24) is 10.2 Å². The van der Waals surface area contributed by atoms with Crippen LogP contribution in [0.15, 0.2) is 84.9 Å². The number of aromatic hydroxyl groups is 1. The first-order chi connectivity index (χ1) is 24.5. The van der Waals surface area contributed by atoms with Gasteiger partial charge in [-0.1, -0.05) is 60.7 Å². The molecule has 1 fully saturated rings. The normalized spacial score (nSPS) is 14.0. The Labute approximate surface area is 299 Å². The number of rotatable bonds is 13. The zero-order valence-corrected chi connectivity index (χ0v) is 29.4. The highest BCUT2D eigenvalue weighted by atomic mass is 16.6. The Morgan fingerprint density at radius 1 is 0.843 bits per heavy atom. The average molecular weight is 694 g/mol. The number of aryl methyl sites for hydroxylation is 2. The average Bonchev–Trinajstić information content (AvgIpc) is 3.11. The summed E-state index contributed by atoms with van der Waals surface area (Å²) in [6, 6.07) is 26.2. The van der Waals surface area contributed by atoms with E-state index in [1.165, 1.54) is 13.0 Å². The first-order valence-electron chi connectivity index (χ1n) is 17.3. The van der Waals surface area contributed by atoms with Gasteiger partial charge in [0.25, 0.3) is 0 Å². The van der Waals surface area contributed by atoms with E-state index in [1.54, 1.807) is 12.1 Å². The number of phenols is 1. The number of aliphatic hydroxyl groups excluding tert-OH is 1. The summed E-state index contributed by atoms with van der Waals surface area (Å²) in [7, 11) is 0. The molecule has 6 N–H and O–H groups in total. The number of hydrogen-bond acceptors (Lipinski definition) is 8. The van der Waals surface area contributed by atoms with E-state index in [4.69, 9.17) is 4.74 Å². The van der Waals surface area contributed by atoms with Crippen molar-refractivity contribution in [1.29, 1.82) is 0 Å². The number of anilines is 3. The third-order valence-corrected chi connectivity index (χ3v) is 9.04. The molecule has 1 saturated heterocycles. The van der Waals surface area contributed by atoms with Gasteiger partial charge in [0, 0.05) is 57.3 Å². The fourth-order valence-corrected chi connectivity index (χ4v) is 6.19. The molecular formula is C40H47N5O6. The Morgan fingerprint density at radius 3 is 2.31 bits per heavy atom. The highest BCUT2D eigenvalue weighted by Gasteiger charge is 2.23. The summed E-state index contributed by atoms with van der Waals surface area (Å²) in [5, 5.41) is 32.4. The van der Waals surface area contributed by atoms with Gasteiger partial charge in [0.1, 0.15) is 11.9 Å². The number of benzene rings is 4. The van der Waals surface area contributed by atoms with Crippen LogP contribution >= 0.6 is 0 Å². The van der Waals surface area contributed by atoms with Crippen molar-refractivity contribution in [3.63, 3.8) is 0 Å². The minimum Gasteiger partial charge on any atom is -0.506 e. The first-order valence-corrected chi connectivity index (χ1v) is 17.3. The van der Waals surface area contributed by atoms with Gasteiger partial charge in [-0.2, -0.15) is 0 Å². The molecular weight excluding hydrogens is 646 g/mol. The number of phenolic OH excluding ortho intramolecular Hbond substituents is 1. The van der Waals surface area contributed by atoms with Gasteiger partial charge in [0.05, 0.1) is 17.5 Å². The van der Waals surface area contributed by atoms with Crippen molar-refractivity contribution < 1.29 is 29.3 Å². The second kappa shape index (κ2) is 17.6. The molecule has 0 unspecified atom stereocenters. The Kier molecular flexibility index (Phi) is 12.8. The van der Waals surface area contributed by atoms with Crippen LogP contribution in [0, 0.1) is 13.8 Å². The predicted octanol–water partition coefficient (Wildman–Crippen LogP) is 6.50. The van der Waals surface area contributed by atoms with Gasteiger partial charge in [-0.05, 0) is 78.8 Å². The van der Waals surface area contributed by atoms with E-state index >= 15 is 0 Å². The lowest BCUT2D eigenvalue weighted by molar-refractivity contribution is -0.116. The van der Waals surface area contributed by atoms with Gasteiger partial charge in [-0.3, -0.25) is 14.9 Å². The smallest absolute Gasteiger partial charge is 0.411 e. The molecule has 11 nitrogen and oxygen atoms in total. The standard InChI is InChI=1S/C40H47N5O6/c1-26-22-35(27(2)21-31(26)24-41-25-38(48)30-13-14-37(47)36(23-30)42-28(3)46)43-39(49)17-20-45-18-15-32(16-19-45)51-40(50)44-34-12-8-7-11-33(34)29-9-5-4-6-10-29/h4-14,21-23,32,38,41,47-48H,15-20,24-25H2,1-3H3,(H,42,46)(H,43,49)(H,44,50)/t38-/m0/s1. The minimum absolute atomic E-state index is 0.0612. The number of amides is 3. The number of piperidine rings is 1. The Morgan fingerprint density at radius 2 is 1.57 bits per heavy atom. The molecule has 1 heterocycles. The molecule has 0 aromatic heterocycles. The largest absolute Gasteiger partial charge is 0.506 e. The molecule has 0 spiro atoms. The van der Waals surface area contributed by atoms with Crippen LogP contribution in [0.4, 0.5) is 21.9 Å². The van der Waals surface area contributed by atoms with Crippen LogP contribution in [0.1, 0.15) is 54.5 Å². The number of para-hydroxylation sites is 1. The molecule has 268 valence electrons. The Balaban J connectivity index is 1.02. The fourth-order valence-electron chi connectivity index (χ4n) is 6.19. The molecule has 1 aliphatic rings. The summed E-state index contributed by atoms with van der Waals surface area (Å²) in [5.74, 6) is -0.440. The van der Waals surface area contributed by atoms with Gasteiger partial charge in [0.2, 0.25) is 11.8 Å². The van der Waals surface area contributed by atoms with Gasteiger partial charge < -0.3 is 35.8 Å². The highest BCUT2D eigenvalue weighted by Crippen LogP contribution is 2.29. The molecule has 0 aliphatic carbocycles. The van der Waals surface area contributed by atoms with E-state index in [0.29, 0.717) is 43.6 Å². The molecule has 11 heteroatoms. The van der Waals surface area contributed by atoms with Crippen LogP contribution in [0.3, 0.4) is 0 Å². The quantitative estimate of drug-likeness (QED) is 0.0869. The lowest BCUT2D eigenvalue weighted by Gasteiger charge is -2.31. The van der Waals surface area contributed by atoms with Crippen LogP contribution < -0.4 is 21.3 Å². The summed E-state index contributed by atoms with van der Waals surface area (Å²) in [6.45, 7) is 8.16. The van der Waals surface area contributed by atoms with E-state index in [1.807, 2.05) is 80.6 Å². The summed E-state index contributed by atoms with van der Waals surface area (Å²) in [6.07, 6.45) is 0.262. The maximum absolute atomic E-state index is 12.9. The number of nitrogens with zero attached hydrogens (tertiary/aromatic N) is 1. The molecule has 5 rings (SSSR count). The molecule has 1 aliphatic heterocycles. The molecule has 51 heavy (non-hydrogen) atoms. The number of carbonyl (C=O) groups is 3. The number of nitrogens with one attached hydrogen (secondary N) is 4. The number of ether oxygens (including phenoxy) is 1. The second-order valence-electron chi connectivity index (χ2n) is 13.0. The van der Waals surface area contributed by atoms with Crippen molar-refractivity contribution in [2.75, 3.05) is 42.1 Å². The molecule has 4 aromatic rings. The van der Waals surface area contributed by atoms with E-state index in [9.17, 15) is 24.6 Å². The maximum atomic E-state index is 12.9. The first kappa shape index (κ1) is 37.0. The second-order valence-corrected chi connectivity index (χ2v) is 13.0. The van der Waals surface area contributed by atoms with E-state index in [2.05, 4.69) is 26.2 Å². The minimum atomic E-state index is -0.843. The number of carbonyl (C=O) groups excluding carboxylic acids is 3. The summed E-state index contributed by atoms with van der Waals surface area (Å²) >= 11 is 0.